The summed E-state index contributed by atoms with van der Waals surface area (Å²) in [5, 5.41) is 9.96. The fourth-order valence-electron chi connectivity index (χ4n) is 2.51. The van der Waals surface area contributed by atoms with Gasteiger partial charge in [0.15, 0.2) is 6.10 Å². The summed E-state index contributed by atoms with van der Waals surface area (Å²) in [6, 6.07) is 9.12. The topological polar surface area (TPSA) is 55.8 Å². The number of halogens is 1. The number of benzene rings is 2. The number of methoxy groups -OCH3 is 1. The third-order valence-corrected chi connectivity index (χ3v) is 4.24. The molecule has 5 heteroatoms. The van der Waals surface area contributed by atoms with Gasteiger partial charge in [-0.1, -0.05) is 23.7 Å². The molecule has 0 bridgehead atoms. The fourth-order valence-corrected chi connectivity index (χ4v) is 2.79. The van der Waals surface area contributed by atoms with Crippen LogP contribution in [0.15, 0.2) is 30.3 Å². The minimum absolute atomic E-state index is 0.214. The average molecular weight is 349 g/mol. The zero-order valence-corrected chi connectivity index (χ0v) is 15.0. The molecule has 0 aliphatic heterocycles. The summed E-state index contributed by atoms with van der Waals surface area (Å²) >= 11 is 6.11. The molecule has 0 spiro atoms. The number of aryl methyl sites for hydroxylation is 2. The molecule has 2 aromatic carbocycles. The van der Waals surface area contributed by atoms with Gasteiger partial charge in [0.1, 0.15) is 11.5 Å². The Morgan fingerprint density at radius 1 is 1.17 bits per heavy atom. The van der Waals surface area contributed by atoms with Crippen molar-refractivity contribution in [3.05, 3.63) is 57.6 Å². The van der Waals surface area contributed by atoms with Crippen LogP contribution in [-0.2, 0) is 11.2 Å². The summed E-state index contributed by atoms with van der Waals surface area (Å²) in [5.74, 6) is 0.137. The molecule has 1 atom stereocenters. The SMILES string of the molecule is COc1ccc(C[C@@H](Oc2cc(C)cc(C)c2C)C(=O)O)cc1Cl. The monoisotopic (exact) mass is 348 g/mol. The van der Waals surface area contributed by atoms with Gasteiger partial charge in [0, 0.05) is 6.42 Å². The molecule has 0 aliphatic carbocycles. The number of aliphatic carboxylic acids is 1. The molecule has 0 aromatic heterocycles. The second-order valence-electron chi connectivity index (χ2n) is 5.82. The smallest absolute Gasteiger partial charge is 0.345 e. The van der Waals surface area contributed by atoms with Crippen LogP contribution in [0.2, 0.25) is 5.02 Å². The maximum Gasteiger partial charge on any atom is 0.345 e. The first-order valence-electron chi connectivity index (χ1n) is 7.61. The first kappa shape index (κ1) is 18.1. The summed E-state index contributed by atoms with van der Waals surface area (Å²) in [6.07, 6.45) is -0.778. The van der Waals surface area contributed by atoms with Gasteiger partial charge in [-0.05, 0) is 61.2 Å². The van der Waals surface area contributed by atoms with E-state index in [0.29, 0.717) is 16.5 Å². The van der Waals surface area contributed by atoms with Gasteiger partial charge in [-0.15, -0.1) is 0 Å². The van der Waals surface area contributed by atoms with Crippen molar-refractivity contribution in [3.63, 3.8) is 0 Å². The van der Waals surface area contributed by atoms with Gasteiger partial charge in [0.05, 0.1) is 12.1 Å². The number of hydrogen-bond acceptors (Lipinski definition) is 3. The normalized spacial score (nSPS) is 11.9. The molecule has 0 heterocycles. The van der Waals surface area contributed by atoms with Crippen molar-refractivity contribution in [2.24, 2.45) is 0 Å². The predicted molar refractivity (Wildman–Crippen MR) is 94.4 cm³/mol. The van der Waals surface area contributed by atoms with Crippen molar-refractivity contribution < 1.29 is 19.4 Å². The standard InChI is InChI=1S/C19H21ClO4/c1-11-7-12(2)13(3)17(8-11)24-18(19(21)22)10-14-5-6-16(23-4)15(20)9-14/h5-9,18H,10H2,1-4H3,(H,21,22)/t18-/m1/s1. The quantitative estimate of drug-likeness (QED) is 0.843. The van der Waals surface area contributed by atoms with Crippen LogP contribution in [0.4, 0.5) is 0 Å². The molecule has 24 heavy (non-hydrogen) atoms. The Balaban J connectivity index is 2.25. The van der Waals surface area contributed by atoms with Crippen molar-refractivity contribution in [3.8, 4) is 11.5 Å². The first-order chi connectivity index (χ1) is 11.3. The minimum atomic E-state index is -1.01. The lowest BCUT2D eigenvalue weighted by atomic mass is 10.0. The van der Waals surface area contributed by atoms with Crippen LogP contribution in [0.1, 0.15) is 22.3 Å². The molecule has 1 N–H and O–H groups in total. The van der Waals surface area contributed by atoms with Crippen molar-refractivity contribution >= 4 is 17.6 Å². The van der Waals surface area contributed by atoms with Gasteiger partial charge in [-0.25, -0.2) is 4.79 Å². The van der Waals surface area contributed by atoms with Crippen molar-refractivity contribution in [1.29, 1.82) is 0 Å². The van der Waals surface area contributed by atoms with E-state index >= 15 is 0 Å². The third kappa shape index (κ3) is 4.20. The lowest BCUT2D eigenvalue weighted by Gasteiger charge is -2.19. The van der Waals surface area contributed by atoms with E-state index in [1.54, 1.807) is 18.2 Å². The molecule has 0 fully saturated rings. The molecule has 0 unspecified atom stereocenters. The number of carboxylic acids is 1. The first-order valence-corrected chi connectivity index (χ1v) is 7.99. The number of carbonyl (C=O) groups is 1. The van der Waals surface area contributed by atoms with Crippen molar-refractivity contribution in [2.75, 3.05) is 7.11 Å². The zero-order chi connectivity index (χ0) is 17.9. The highest BCUT2D eigenvalue weighted by molar-refractivity contribution is 6.32. The Morgan fingerprint density at radius 3 is 2.46 bits per heavy atom. The van der Waals surface area contributed by atoms with Crippen LogP contribution in [-0.4, -0.2) is 24.3 Å². The molecular weight excluding hydrogens is 328 g/mol. The fraction of sp³-hybridized carbons (Fsp3) is 0.316. The van der Waals surface area contributed by atoms with Gasteiger partial charge in [-0.2, -0.15) is 0 Å². The Morgan fingerprint density at radius 2 is 1.88 bits per heavy atom. The van der Waals surface area contributed by atoms with E-state index in [2.05, 4.69) is 0 Å². The van der Waals surface area contributed by atoms with Crippen LogP contribution in [0, 0.1) is 20.8 Å². The number of ether oxygens (including phenoxy) is 2. The summed E-state index contributed by atoms with van der Waals surface area (Å²) in [7, 11) is 1.53. The molecule has 0 saturated heterocycles. The Kier molecular flexibility index (Phi) is 5.73. The highest BCUT2D eigenvalue weighted by Gasteiger charge is 2.22. The van der Waals surface area contributed by atoms with E-state index in [0.717, 1.165) is 22.3 Å². The highest BCUT2D eigenvalue weighted by atomic mass is 35.5. The Bertz CT molecular complexity index is 755. The van der Waals surface area contributed by atoms with E-state index in [-0.39, 0.29) is 6.42 Å². The van der Waals surface area contributed by atoms with Crippen LogP contribution >= 0.6 is 11.6 Å². The summed E-state index contributed by atoms with van der Waals surface area (Å²) in [4.78, 5) is 11.6. The van der Waals surface area contributed by atoms with Gasteiger partial charge in [0.25, 0.3) is 0 Å². The lowest BCUT2D eigenvalue weighted by molar-refractivity contribution is -0.145. The lowest BCUT2D eigenvalue weighted by Crippen LogP contribution is -2.29. The van der Waals surface area contributed by atoms with E-state index < -0.39 is 12.1 Å². The second kappa shape index (κ2) is 7.58. The maximum atomic E-state index is 11.6. The van der Waals surface area contributed by atoms with Crippen LogP contribution < -0.4 is 9.47 Å². The van der Waals surface area contributed by atoms with Gasteiger partial charge in [-0.3, -0.25) is 0 Å². The molecule has 2 aromatic rings. The Hall–Kier alpha value is -2.20. The minimum Gasteiger partial charge on any atom is -0.495 e. The van der Waals surface area contributed by atoms with E-state index in [4.69, 9.17) is 21.1 Å². The molecule has 0 saturated carbocycles. The summed E-state index contributed by atoms with van der Waals surface area (Å²) in [6.45, 7) is 5.86. The molecule has 4 nitrogen and oxygen atoms in total. The van der Waals surface area contributed by atoms with E-state index in [9.17, 15) is 9.90 Å². The highest BCUT2D eigenvalue weighted by Crippen LogP contribution is 2.28. The van der Waals surface area contributed by atoms with Crippen molar-refractivity contribution in [2.45, 2.75) is 33.3 Å². The number of rotatable bonds is 6. The molecule has 0 aliphatic rings. The average Bonchev–Trinajstić information content (AvgIpc) is 2.51. The summed E-state index contributed by atoms with van der Waals surface area (Å²) < 4.78 is 10.9. The number of carboxylic acid groups (broad SMARTS) is 1. The van der Waals surface area contributed by atoms with Crippen LogP contribution in [0.5, 0.6) is 11.5 Å². The maximum absolute atomic E-state index is 11.6. The number of hydrogen-bond donors (Lipinski definition) is 1. The second-order valence-corrected chi connectivity index (χ2v) is 6.23. The Labute approximate surface area is 147 Å². The van der Waals surface area contributed by atoms with Crippen LogP contribution in [0.25, 0.3) is 0 Å². The summed E-state index contributed by atoms with van der Waals surface area (Å²) in [5.41, 5.74) is 3.82. The van der Waals surface area contributed by atoms with Gasteiger partial charge >= 0.3 is 5.97 Å². The molecular formula is C19H21ClO4. The van der Waals surface area contributed by atoms with Gasteiger partial charge in [0.2, 0.25) is 0 Å². The molecule has 2 rings (SSSR count). The predicted octanol–water partition coefficient (Wildman–Crippen LogP) is 4.35. The van der Waals surface area contributed by atoms with Gasteiger partial charge < -0.3 is 14.6 Å². The molecule has 0 radical (unpaired) electrons. The molecule has 128 valence electrons. The van der Waals surface area contributed by atoms with E-state index in [1.807, 2.05) is 32.9 Å². The van der Waals surface area contributed by atoms with Crippen LogP contribution in [0.3, 0.4) is 0 Å². The largest absolute Gasteiger partial charge is 0.495 e. The van der Waals surface area contributed by atoms with E-state index in [1.165, 1.54) is 7.11 Å². The zero-order valence-electron chi connectivity index (χ0n) is 14.2. The molecule has 0 amide bonds. The van der Waals surface area contributed by atoms with Crippen molar-refractivity contribution in [1.82, 2.24) is 0 Å². The third-order valence-electron chi connectivity index (χ3n) is 3.95.